The van der Waals surface area contributed by atoms with Crippen LogP contribution in [0.5, 0.6) is 11.5 Å². The number of anilines is 1. The van der Waals surface area contributed by atoms with Gasteiger partial charge in [-0.2, -0.15) is 0 Å². The fraction of sp³-hybridized carbons (Fsp3) is 0.300. The van der Waals surface area contributed by atoms with Crippen LogP contribution in [0, 0.1) is 0 Å². The van der Waals surface area contributed by atoms with E-state index >= 15 is 0 Å². The molecule has 2 aromatic carbocycles. The van der Waals surface area contributed by atoms with Gasteiger partial charge in [0.2, 0.25) is 0 Å². The van der Waals surface area contributed by atoms with Crippen molar-refractivity contribution in [2.75, 3.05) is 39.3 Å². The third-order valence-corrected chi connectivity index (χ3v) is 3.67. The maximum atomic E-state index is 12.3. The zero-order valence-corrected chi connectivity index (χ0v) is 15.5. The van der Waals surface area contributed by atoms with Crippen LogP contribution in [-0.2, 0) is 9.53 Å². The van der Waals surface area contributed by atoms with Crippen molar-refractivity contribution in [1.29, 1.82) is 0 Å². The molecule has 0 heterocycles. The Kier molecular flexibility index (Phi) is 8.12. The van der Waals surface area contributed by atoms with Crippen molar-refractivity contribution in [2.45, 2.75) is 6.42 Å². The minimum Gasteiger partial charge on any atom is -0.497 e. The summed E-state index contributed by atoms with van der Waals surface area (Å²) in [6, 6.07) is 13.8. The molecule has 0 fully saturated rings. The molecule has 0 bridgehead atoms. The Morgan fingerprint density at radius 2 is 1.78 bits per heavy atom. The van der Waals surface area contributed by atoms with Gasteiger partial charge < -0.3 is 24.8 Å². The van der Waals surface area contributed by atoms with E-state index in [1.807, 2.05) is 0 Å². The van der Waals surface area contributed by atoms with E-state index in [0.29, 0.717) is 42.3 Å². The van der Waals surface area contributed by atoms with E-state index < -0.39 is 0 Å². The molecule has 0 atom stereocenters. The van der Waals surface area contributed by atoms with Crippen molar-refractivity contribution in [3.05, 3.63) is 54.1 Å². The lowest BCUT2D eigenvalue weighted by molar-refractivity contribution is -0.118. The van der Waals surface area contributed by atoms with E-state index in [4.69, 9.17) is 14.2 Å². The molecule has 0 saturated carbocycles. The molecule has 0 unspecified atom stereocenters. The van der Waals surface area contributed by atoms with E-state index in [2.05, 4.69) is 10.6 Å². The number of hydrogen-bond acceptors (Lipinski definition) is 5. The SMILES string of the molecule is COCCCNC(=O)c1ccccc1NC(=O)COc1cccc(OC)c1. The Morgan fingerprint density at radius 3 is 2.56 bits per heavy atom. The van der Waals surface area contributed by atoms with Gasteiger partial charge >= 0.3 is 0 Å². The van der Waals surface area contributed by atoms with Crippen molar-refractivity contribution >= 4 is 17.5 Å². The van der Waals surface area contributed by atoms with Crippen molar-refractivity contribution in [3.63, 3.8) is 0 Å². The predicted octanol–water partition coefficient (Wildman–Crippen LogP) is 2.48. The molecule has 2 aromatic rings. The Morgan fingerprint density at radius 1 is 1.00 bits per heavy atom. The van der Waals surface area contributed by atoms with Crippen molar-refractivity contribution in [2.24, 2.45) is 0 Å². The third-order valence-electron chi connectivity index (χ3n) is 3.67. The standard InChI is InChI=1S/C20H24N2O5/c1-25-12-6-11-21-20(24)17-9-3-4-10-18(17)22-19(23)14-27-16-8-5-7-15(13-16)26-2/h3-5,7-10,13H,6,11-12,14H2,1-2H3,(H,21,24)(H,22,23). The van der Waals surface area contributed by atoms with Gasteiger partial charge in [0.15, 0.2) is 6.61 Å². The number of methoxy groups -OCH3 is 2. The quantitative estimate of drug-likeness (QED) is 0.626. The van der Waals surface area contributed by atoms with Crippen molar-refractivity contribution in [3.8, 4) is 11.5 Å². The fourth-order valence-corrected chi connectivity index (χ4v) is 2.33. The molecule has 2 N–H and O–H groups in total. The normalized spacial score (nSPS) is 10.1. The van der Waals surface area contributed by atoms with E-state index in [0.717, 1.165) is 0 Å². The summed E-state index contributed by atoms with van der Waals surface area (Å²) in [5, 5.41) is 5.51. The Balaban J connectivity index is 1.92. The lowest BCUT2D eigenvalue weighted by Crippen LogP contribution is -2.27. The molecule has 2 amide bonds. The second-order valence-electron chi connectivity index (χ2n) is 5.66. The van der Waals surface area contributed by atoms with Crippen LogP contribution >= 0.6 is 0 Å². The zero-order chi connectivity index (χ0) is 19.5. The van der Waals surface area contributed by atoms with Crippen LogP contribution in [0.25, 0.3) is 0 Å². The van der Waals surface area contributed by atoms with Gasteiger partial charge in [0.05, 0.1) is 18.4 Å². The molecule has 27 heavy (non-hydrogen) atoms. The van der Waals surface area contributed by atoms with Gasteiger partial charge in [-0.25, -0.2) is 0 Å². The number of ether oxygens (including phenoxy) is 3. The first-order valence-electron chi connectivity index (χ1n) is 8.57. The van der Waals surface area contributed by atoms with Crippen LogP contribution in [0.15, 0.2) is 48.5 Å². The minimum atomic E-state index is -0.363. The number of amides is 2. The molecular weight excluding hydrogens is 348 g/mol. The minimum absolute atomic E-state index is 0.184. The highest BCUT2D eigenvalue weighted by Gasteiger charge is 2.13. The molecule has 0 spiro atoms. The van der Waals surface area contributed by atoms with E-state index in [-0.39, 0.29) is 18.4 Å². The molecule has 7 heteroatoms. The summed E-state index contributed by atoms with van der Waals surface area (Å²) in [6.07, 6.45) is 0.713. The monoisotopic (exact) mass is 372 g/mol. The Bertz CT molecular complexity index is 764. The summed E-state index contributed by atoms with van der Waals surface area (Å²) >= 11 is 0. The largest absolute Gasteiger partial charge is 0.497 e. The number of nitrogens with one attached hydrogen (secondary N) is 2. The number of carbonyl (C=O) groups excluding carboxylic acids is 2. The van der Waals surface area contributed by atoms with E-state index in [1.54, 1.807) is 62.8 Å². The molecule has 0 aliphatic rings. The molecule has 0 aromatic heterocycles. The van der Waals surface area contributed by atoms with Crippen LogP contribution in [0.3, 0.4) is 0 Å². The molecular formula is C20H24N2O5. The van der Waals surface area contributed by atoms with Gasteiger partial charge in [0, 0.05) is 26.3 Å². The first kappa shape index (κ1) is 20.3. The fourth-order valence-electron chi connectivity index (χ4n) is 2.33. The average Bonchev–Trinajstić information content (AvgIpc) is 2.70. The second kappa shape index (κ2) is 10.8. The van der Waals surface area contributed by atoms with Crippen LogP contribution in [0.1, 0.15) is 16.8 Å². The highest BCUT2D eigenvalue weighted by atomic mass is 16.5. The number of benzene rings is 2. The molecule has 0 saturated heterocycles. The average molecular weight is 372 g/mol. The van der Waals surface area contributed by atoms with Crippen LogP contribution in [0.4, 0.5) is 5.69 Å². The van der Waals surface area contributed by atoms with Crippen LogP contribution in [-0.4, -0.2) is 45.8 Å². The van der Waals surface area contributed by atoms with Crippen LogP contribution < -0.4 is 20.1 Å². The van der Waals surface area contributed by atoms with Gasteiger partial charge in [0.1, 0.15) is 11.5 Å². The maximum Gasteiger partial charge on any atom is 0.262 e. The number of rotatable bonds is 10. The lowest BCUT2D eigenvalue weighted by atomic mass is 10.1. The molecule has 144 valence electrons. The van der Waals surface area contributed by atoms with Gasteiger partial charge in [0.25, 0.3) is 11.8 Å². The Hall–Kier alpha value is -3.06. The Labute approximate surface area is 158 Å². The first-order valence-corrected chi connectivity index (χ1v) is 8.57. The molecule has 0 aliphatic carbocycles. The van der Waals surface area contributed by atoms with Gasteiger partial charge in [-0.3, -0.25) is 9.59 Å². The first-order chi connectivity index (χ1) is 13.1. The summed E-state index contributed by atoms with van der Waals surface area (Å²) < 4.78 is 15.5. The van der Waals surface area contributed by atoms with Crippen LogP contribution in [0.2, 0.25) is 0 Å². The van der Waals surface area contributed by atoms with E-state index in [9.17, 15) is 9.59 Å². The third kappa shape index (κ3) is 6.63. The highest BCUT2D eigenvalue weighted by Crippen LogP contribution is 2.19. The van der Waals surface area contributed by atoms with Crippen molar-refractivity contribution < 1.29 is 23.8 Å². The van der Waals surface area contributed by atoms with E-state index in [1.165, 1.54) is 0 Å². The molecule has 0 radical (unpaired) electrons. The highest BCUT2D eigenvalue weighted by molar-refractivity contribution is 6.04. The maximum absolute atomic E-state index is 12.3. The summed E-state index contributed by atoms with van der Waals surface area (Å²) in [5.41, 5.74) is 0.825. The van der Waals surface area contributed by atoms with Gasteiger partial charge in [-0.15, -0.1) is 0 Å². The number of para-hydroxylation sites is 1. The zero-order valence-electron chi connectivity index (χ0n) is 15.5. The lowest BCUT2D eigenvalue weighted by Gasteiger charge is -2.12. The smallest absolute Gasteiger partial charge is 0.262 e. The van der Waals surface area contributed by atoms with Gasteiger partial charge in [-0.05, 0) is 30.7 Å². The molecule has 0 aliphatic heterocycles. The molecule has 7 nitrogen and oxygen atoms in total. The summed E-state index contributed by atoms with van der Waals surface area (Å²) in [7, 11) is 3.17. The number of hydrogen-bond donors (Lipinski definition) is 2. The molecule has 2 rings (SSSR count). The number of carbonyl (C=O) groups is 2. The van der Waals surface area contributed by atoms with Crippen molar-refractivity contribution in [1.82, 2.24) is 5.32 Å². The predicted molar refractivity (Wildman–Crippen MR) is 102 cm³/mol. The van der Waals surface area contributed by atoms with Gasteiger partial charge in [-0.1, -0.05) is 18.2 Å². The summed E-state index contributed by atoms with van der Waals surface area (Å²) in [5.74, 6) is 0.547. The second-order valence-corrected chi connectivity index (χ2v) is 5.66. The summed E-state index contributed by atoms with van der Waals surface area (Å²) in [6.45, 7) is 0.880. The topological polar surface area (TPSA) is 85.9 Å². The summed E-state index contributed by atoms with van der Waals surface area (Å²) in [4.78, 5) is 24.5.